The summed E-state index contributed by atoms with van der Waals surface area (Å²) >= 11 is 1.46. The molecule has 0 unspecified atom stereocenters. The molecule has 3 aromatic rings. The molecule has 1 N–H and O–H groups in total. The first-order valence-corrected chi connectivity index (χ1v) is 7.65. The molecule has 0 aliphatic rings. The Morgan fingerprint density at radius 1 is 1.22 bits per heavy atom. The van der Waals surface area contributed by atoms with Crippen molar-refractivity contribution in [2.75, 3.05) is 5.32 Å². The maximum absolute atomic E-state index is 11.9. The normalized spacial score (nSPS) is 10.3. The van der Waals surface area contributed by atoms with Crippen LogP contribution >= 0.6 is 11.3 Å². The SMILES string of the molecule is Cc1cc(C(=O)Oc2ccc(NC(=O)c3ccsc3)cc2)on1. The third-order valence-corrected chi connectivity index (χ3v) is 3.62. The van der Waals surface area contributed by atoms with Crippen LogP contribution in [0.3, 0.4) is 0 Å². The van der Waals surface area contributed by atoms with E-state index >= 15 is 0 Å². The number of esters is 1. The summed E-state index contributed by atoms with van der Waals surface area (Å²) in [7, 11) is 0. The number of amides is 1. The van der Waals surface area contributed by atoms with Gasteiger partial charge in [0, 0.05) is 17.1 Å². The number of nitrogens with one attached hydrogen (secondary N) is 1. The number of aromatic nitrogens is 1. The van der Waals surface area contributed by atoms with Crippen LogP contribution in [0.2, 0.25) is 0 Å². The quantitative estimate of drug-likeness (QED) is 0.585. The van der Waals surface area contributed by atoms with Crippen molar-refractivity contribution in [1.29, 1.82) is 0 Å². The standard InChI is InChI=1S/C16H12N2O4S/c1-10-8-14(22-18-10)16(20)21-13-4-2-12(3-5-13)17-15(19)11-6-7-23-9-11/h2-9H,1H3,(H,17,19). The number of carbonyl (C=O) groups excluding carboxylic acids is 2. The Kier molecular flexibility index (Phi) is 4.20. The number of aryl methyl sites for hydroxylation is 1. The van der Waals surface area contributed by atoms with Gasteiger partial charge in [-0.2, -0.15) is 11.3 Å². The van der Waals surface area contributed by atoms with Gasteiger partial charge >= 0.3 is 5.97 Å². The molecule has 1 amide bonds. The van der Waals surface area contributed by atoms with E-state index in [0.717, 1.165) is 0 Å². The third-order valence-electron chi connectivity index (χ3n) is 2.94. The lowest BCUT2D eigenvalue weighted by Gasteiger charge is -2.05. The number of rotatable bonds is 4. The molecule has 2 heterocycles. The molecule has 0 radical (unpaired) electrons. The Labute approximate surface area is 135 Å². The second-order valence-corrected chi connectivity index (χ2v) is 5.49. The van der Waals surface area contributed by atoms with Crippen molar-refractivity contribution in [2.45, 2.75) is 6.92 Å². The Morgan fingerprint density at radius 3 is 2.61 bits per heavy atom. The minimum Gasteiger partial charge on any atom is -0.421 e. The summed E-state index contributed by atoms with van der Waals surface area (Å²) in [6, 6.07) is 9.72. The first kappa shape index (κ1) is 15.0. The van der Waals surface area contributed by atoms with E-state index in [-0.39, 0.29) is 11.7 Å². The number of thiophene rings is 1. The summed E-state index contributed by atoms with van der Waals surface area (Å²) in [6.45, 7) is 1.71. The Bertz CT molecular complexity index is 822. The maximum Gasteiger partial charge on any atom is 0.382 e. The molecule has 1 aromatic carbocycles. The summed E-state index contributed by atoms with van der Waals surface area (Å²) in [6.07, 6.45) is 0. The molecular weight excluding hydrogens is 316 g/mol. The van der Waals surface area contributed by atoms with Gasteiger partial charge in [-0.15, -0.1) is 0 Å². The topological polar surface area (TPSA) is 81.4 Å². The van der Waals surface area contributed by atoms with E-state index in [2.05, 4.69) is 10.5 Å². The summed E-state index contributed by atoms with van der Waals surface area (Å²) in [5, 5.41) is 9.99. The van der Waals surface area contributed by atoms with Crippen LogP contribution in [0.1, 0.15) is 26.6 Å². The number of carbonyl (C=O) groups is 2. The highest BCUT2D eigenvalue weighted by Crippen LogP contribution is 2.18. The zero-order valence-corrected chi connectivity index (χ0v) is 12.9. The Hall–Kier alpha value is -2.93. The van der Waals surface area contributed by atoms with Gasteiger partial charge < -0.3 is 14.6 Å². The van der Waals surface area contributed by atoms with Crippen molar-refractivity contribution < 1.29 is 18.8 Å². The number of anilines is 1. The van der Waals surface area contributed by atoms with Crippen molar-refractivity contribution in [2.24, 2.45) is 0 Å². The van der Waals surface area contributed by atoms with Crippen LogP contribution in [0, 0.1) is 6.92 Å². The lowest BCUT2D eigenvalue weighted by Crippen LogP contribution is -2.11. The molecule has 2 aromatic heterocycles. The van der Waals surface area contributed by atoms with E-state index in [9.17, 15) is 9.59 Å². The highest BCUT2D eigenvalue weighted by molar-refractivity contribution is 7.08. The molecule has 0 spiro atoms. The van der Waals surface area contributed by atoms with Crippen LogP contribution in [0.15, 0.2) is 51.7 Å². The first-order valence-electron chi connectivity index (χ1n) is 6.71. The van der Waals surface area contributed by atoms with Crippen molar-refractivity contribution in [3.8, 4) is 5.75 Å². The van der Waals surface area contributed by atoms with Gasteiger partial charge in [-0.3, -0.25) is 4.79 Å². The molecular formula is C16H12N2O4S. The summed E-state index contributed by atoms with van der Waals surface area (Å²) < 4.78 is 10.00. The van der Waals surface area contributed by atoms with Crippen molar-refractivity contribution in [1.82, 2.24) is 5.16 Å². The molecule has 3 rings (SSSR count). The van der Waals surface area contributed by atoms with Crippen molar-refractivity contribution in [3.05, 3.63) is 64.2 Å². The van der Waals surface area contributed by atoms with Crippen LogP contribution in [0.4, 0.5) is 5.69 Å². The number of hydrogen-bond donors (Lipinski definition) is 1. The zero-order valence-electron chi connectivity index (χ0n) is 12.1. The maximum atomic E-state index is 11.9. The van der Waals surface area contributed by atoms with E-state index in [0.29, 0.717) is 22.7 Å². The third kappa shape index (κ3) is 3.64. The predicted molar refractivity (Wildman–Crippen MR) is 84.9 cm³/mol. The zero-order chi connectivity index (χ0) is 16.2. The van der Waals surface area contributed by atoms with E-state index in [4.69, 9.17) is 9.26 Å². The molecule has 7 heteroatoms. The second kappa shape index (κ2) is 6.45. The molecule has 0 saturated heterocycles. The van der Waals surface area contributed by atoms with Crippen LogP contribution in [0.25, 0.3) is 0 Å². The number of ether oxygens (including phenoxy) is 1. The van der Waals surface area contributed by atoms with Crippen LogP contribution in [-0.2, 0) is 0 Å². The molecule has 0 aliphatic carbocycles. The van der Waals surface area contributed by atoms with Gasteiger partial charge in [-0.25, -0.2) is 4.79 Å². The van der Waals surface area contributed by atoms with E-state index in [1.165, 1.54) is 17.4 Å². The summed E-state index contributed by atoms with van der Waals surface area (Å²) in [5.74, 6) is -0.427. The van der Waals surface area contributed by atoms with Gasteiger partial charge in [-0.1, -0.05) is 5.16 Å². The highest BCUT2D eigenvalue weighted by atomic mass is 32.1. The lowest BCUT2D eigenvalue weighted by atomic mass is 10.2. The average molecular weight is 328 g/mol. The van der Waals surface area contributed by atoms with Gasteiger partial charge in [0.15, 0.2) is 0 Å². The Morgan fingerprint density at radius 2 is 2.00 bits per heavy atom. The summed E-state index contributed by atoms with van der Waals surface area (Å²) in [5.41, 5.74) is 1.81. The van der Waals surface area contributed by atoms with E-state index in [1.54, 1.807) is 42.6 Å². The smallest absolute Gasteiger partial charge is 0.382 e. The minimum absolute atomic E-state index is 0.0392. The molecule has 0 fully saturated rings. The van der Waals surface area contributed by atoms with Gasteiger partial charge in [0.1, 0.15) is 5.75 Å². The molecule has 6 nitrogen and oxygen atoms in total. The molecule has 0 aliphatic heterocycles. The minimum atomic E-state index is -0.624. The fourth-order valence-corrected chi connectivity index (χ4v) is 2.46. The molecule has 23 heavy (non-hydrogen) atoms. The monoisotopic (exact) mass is 328 g/mol. The van der Waals surface area contributed by atoms with E-state index < -0.39 is 5.97 Å². The second-order valence-electron chi connectivity index (χ2n) is 4.71. The fraction of sp³-hybridized carbons (Fsp3) is 0.0625. The highest BCUT2D eigenvalue weighted by Gasteiger charge is 2.14. The molecule has 116 valence electrons. The number of benzene rings is 1. The largest absolute Gasteiger partial charge is 0.421 e. The lowest BCUT2D eigenvalue weighted by molar-refractivity contribution is 0.0691. The van der Waals surface area contributed by atoms with Crippen LogP contribution < -0.4 is 10.1 Å². The summed E-state index contributed by atoms with van der Waals surface area (Å²) in [4.78, 5) is 23.7. The van der Waals surface area contributed by atoms with Crippen LogP contribution in [-0.4, -0.2) is 17.0 Å². The van der Waals surface area contributed by atoms with Crippen LogP contribution in [0.5, 0.6) is 5.75 Å². The van der Waals surface area contributed by atoms with Gasteiger partial charge in [-0.05, 0) is 42.6 Å². The molecule has 0 atom stereocenters. The van der Waals surface area contributed by atoms with Gasteiger partial charge in [0.2, 0.25) is 5.76 Å². The van der Waals surface area contributed by atoms with Crippen molar-refractivity contribution >= 4 is 28.9 Å². The average Bonchev–Trinajstić information content (AvgIpc) is 3.20. The number of hydrogen-bond acceptors (Lipinski definition) is 6. The van der Waals surface area contributed by atoms with Gasteiger partial charge in [0.25, 0.3) is 5.91 Å². The van der Waals surface area contributed by atoms with Crippen molar-refractivity contribution in [3.63, 3.8) is 0 Å². The Balaban J connectivity index is 1.63. The molecule has 0 bridgehead atoms. The first-order chi connectivity index (χ1) is 11.1. The number of nitrogens with zero attached hydrogens (tertiary/aromatic N) is 1. The predicted octanol–water partition coefficient (Wildman–Crippen LogP) is 3.52. The fourth-order valence-electron chi connectivity index (χ4n) is 1.82. The van der Waals surface area contributed by atoms with E-state index in [1.807, 2.05) is 5.38 Å². The van der Waals surface area contributed by atoms with Gasteiger partial charge in [0.05, 0.1) is 11.3 Å². The molecule has 0 saturated carbocycles.